The average molecular weight is 386 g/mol. The Morgan fingerprint density at radius 1 is 1.30 bits per heavy atom. The van der Waals surface area contributed by atoms with Crippen molar-refractivity contribution in [2.45, 2.75) is 32.2 Å². The van der Waals surface area contributed by atoms with Gasteiger partial charge in [-0.2, -0.15) is 0 Å². The van der Waals surface area contributed by atoms with Crippen LogP contribution in [0.2, 0.25) is 0 Å². The molecule has 1 aliphatic rings. The summed E-state index contributed by atoms with van der Waals surface area (Å²) >= 11 is 1.54. The lowest BCUT2D eigenvalue weighted by molar-refractivity contribution is -0.136. The fourth-order valence-corrected chi connectivity index (χ4v) is 3.91. The summed E-state index contributed by atoms with van der Waals surface area (Å²) in [5.74, 6) is -0.716. The van der Waals surface area contributed by atoms with E-state index in [0.29, 0.717) is 30.6 Å². The van der Waals surface area contributed by atoms with Gasteiger partial charge in [0.1, 0.15) is 6.04 Å². The third-order valence-electron chi connectivity index (χ3n) is 4.70. The molecule has 1 aromatic carbocycles. The second-order valence-corrected chi connectivity index (χ2v) is 7.54. The maximum Gasteiger partial charge on any atom is 0.337 e. The van der Waals surface area contributed by atoms with Gasteiger partial charge in [0.05, 0.1) is 19.1 Å². The molecule has 0 spiro atoms. The molecule has 2 heterocycles. The van der Waals surface area contributed by atoms with E-state index in [-0.39, 0.29) is 11.8 Å². The zero-order chi connectivity index (χ0) is 19.4. The number of nitrogens with one attached hydrogen (secondary N) is 1. The Morgan fingerprint density at radius 3 is 2.81 bits per heavy atom. The van der Waals surface area contributed by atoms with Gasteiger partial charge in [-0.1, -0.05) is 12.1 Å². The van der Waals surface area contributed by atoms with E-state index in [1.165, 1.54) is 18.4 Å². The van der Waals surface area contributed by atoms with E-state index >= 15 is 0 Å². The largest absolute Gasteiger partial charge is 0.465 e. The van der Waals surface area contributed by atoms with Crippen LogP contribution >= 0.6 is 11.3 Å². The van der Waals surface area contributed by atoms with Crippen LogP contribution in [0, 0.1) is 6.92 Å². The Labute approximate surface area is 162 Å². The molecule has 2 amide bonds. The smallest absolute Gasteiger partial charge is 0.337 e. The Kier molecular flexibility index (Phi) is 5.91. The number of amides is 2. The Morgan fingerprint density at radius 2 is 2.11 bits per heavy atom. The van der Waals surface area contributed by atoms with Gasteiger partial charge in [-0.05, 0) is 48.9 Å². The lowest BCUT2D eigenvalue weighted by atomic mass is 10.1. The molecule has 2 aromatic rings. The van der Waals surface area contributed by atoms with Gasteiger partial charge >= 0.3 is 5.97 Å². The summed E-state index contributed by atoms with van der Waals surface area (Å²) < 4.78 is 4.73. The zero-order valence-electron chi connectivity index (χ0n) is 15.4. The number of esters is 1. The maximum absolute atomic E-state index is 12.8. The quantitative estimate of drug-likeness (QED) is 0.802. The fraction of sp³-hybridized carbons (Fsp3) is 0.350. The number of carbonyl (C=O) groups is 3. The fourth-order valence-electron chi connectivity index (χ4n) is 3.22. The Balaban J connectivity index is 1.71. The van der Waals surface area contributed by atoms with Gasteiger partial charge in [-0.3, -0.25) is 9.59 Å². The van der Waals surface area contributed by atoms with E-state index in [1.54, 1.807) is 23.1 Å². The third-order valence-corrected chi connectivity index (χ3v) is 5.57. The molecular formula is C20H22N2O4S. The highest BCUT2D eigenvalue weighted by molar-refractivity contribution is 7.10. The monoisotopic (exact) mass is 386 g/mol. The summed E-state index contributed by atoms with van der Waals surface area (Å²) in [6, 6.07) is 8.37. The van der Waals surface area contributed by atoms with Gasteiger partial charge in [0, 0.05) is 17.1 Å². The molecule has 1 fully saturated rings. The van der Waals surface area contributed by atoms with Crippen LogP contribution in [-0.4, -0.2) is 42.4 Å². The Bertz CT molecular complexity index is 848. The van der Waals surface area contributed by atoms with Crippen molar-refractivity contribution in [3.8, 4) is 0 Å². The second-order valence-electron chi connectivity index (χ2n) is 6.51. The van der Waals surface area contributed by atoms with E-state index in [4.69, 9.17) is 4.74 Å². The molecular weight excluding hydrogens is 364 g/mol. The highest BCUT2D eigenvalue weighted by atomic mass is 32.1. The predicted molar refractivity (Wildman–Crippen MR) is 104 cm³/mol. The van der Waals surface area contributed by atoms with E-state index in [1.807, 2.05) is 24.4 Å². The summed E-state index contributed by atoms with van der Waals surface area (Å²) in [7, 11) is 1.32. The van der Waals surface area contributed by atoms with Crippen molar-refractivity contribution in [3.63, 3.8) is 0 Å². The Hall–Kier alpha value is -2.67. The molecule has 1 atom stereocenters. The number of carbonyl (C=O) groups excluding carboxylic acids is 3. The molecule has 1 saturated heterocycles. The number of aryl methyl sites for hydroxylation is 1. The first kappa shape index (κ1) is 19.1. The lowest BCUT2D eigenvalue weighted by Crippen LogP contribution is -2.43. The highest BCUT2D eigenvalue weighted by Gasteiger charge is 2.34. The summed E-state index contributed by atoms with van der Waals surface area (Å²) in [5.41, 5.74) is 1.77. The molecule has 27 heavy (non-hydrogen) atoms. The molecule has 7 heteroatoms. The summed E-state index contributed by atoms with van der Waals surface area (Å²) in [6.07, 6.45) is 1.76. The van der Waals surface area contributed by atoms with Crippen molar-refractivity contribution in [3.05, 3.63) is 51.7 Å². The van der Waals surface area contributed by atoms with E-state index in [0.717, 1.165) is 16.9 Å². The predicted octanol–water partition coefficient (Wildman–Crippen LogP) is 3.02. The van der Waals surface area contributed by atoms with Crippen molar-refractivity contribution < 1.29 is 19.1 Å². The number of nitrogens with zero attached hydrogens (tertiary/aromatic N) is 1. The molecule has 142 valence electrons. The minimum atomic E-state index is -0.487. The van der Waals surface area contributed by atoms with Gasteiger partial charge in [-0.15, -0.1) is 11.3 Å². The van der Waals surface area contributed by atoms with Gasteiger partial charge in [0.15, 0.2) is 0 Å². The van der Waals surface area contributed by atoms with Gasteiger partial charge in [-0.25, -0.2) is 4.79 Å². The standard InChI is InChI=1S/C20H22N2O4S/c1-13-7-8-14(20(25)26-2)11-16(13)21-19(24)17-6-3-9-22(17)18(23)12-15-5-4-10-27-15/h4-5,7-8,10-11,17H,3,6,9,12H2,1-2H3,(H,21,24). The van der Waals surface area contributed by atoms with Crippen molar-refractivity contribution in [1.29, 1.82) is 0 Å². The van der Waals surface area contributed by atoms with Gasteiger partial charge < -0.3 is 15.0 Å². The molecule has 1 aromatic heterocycles. The molecule has 1 N–H and O–H groups in total. The normalized spacial score (nSPS) is 16.2. The SMILES string of the molecule is COC(=O)c1ccc(C)c(NC(=O)C2CCCN2C(=O)Cc2cccs2)c1. The molecule has 0 saturated carbocycles. The first-order chi connectivity index (χ1) is 13.0. The number of ether oxygens (including phenoxy) is 1. The summed E-state index contributed by atoms with van der Waals surface area (Å²) in [6.45, 7) is 2.44. The minimum Gasteiger partial charge on any atom is -0.465 e. The van der Waals surface area contributed by atoms with Crippen LogP contribution in [-0.2, 0) is 20.7 Å². The summed E-state index contributed by atoms with van der Waals surface area (Å²) in [5, 5.41) is 4.82. The second kappa shape index (κ2) is 8.35. The van der Waals surface area contributed by atoms with Crippen molar-refractivity contribution in [2.75, 3.05) is 19.0 Å². The first-order valence-corrected chi connectivity index (χ1v) is 9.69. The van der Waals surface area contributed by atoms with Crippen LogP contribution < -0.4 is 5.32 Å². The van der Waals surface area contributed by atoms with E-state index in [2.05, 4.69) is 5.32 Å². The van der Waals surface area contributed by atoms with Crippen LogP contribution in [0.25, 0.3) is 0 Å². The van der Waals surface area contributed by atoms with Crippen LogP contribution in [0.3, 0.4) is 0 Å². The maximum atomic E-state index is 12.8. The van der Waals surface area contributed by atoms with Crippen molar-refractivity contribution in [2.24, 2.45) is 0 Å². The van der Waals surface area contributed by atoms with Crippen LogP contribution in [0.5, 0.6) is 0 Å². The molecule has 1 unspecified atom stereocenters. The average Bonchev–Trinajstić information content (AvgIpc) is 3.34. The number of rotatable bonds is 5. The number of benzene rings is 1. The lowest BCUT2D eigenvalue weighted by Gasteiger charge is -2.24. The van der Waals surface area contributed by atoms with Gasteiger partial charge in [0.2, 0.25) is 11.8 Å². The topological polar surface area (TPSA) is 75.7 Å². The molecule has 0 aliphatic carbocycles. The number of thiophene rings is 1. The van der Waals surface area contributed by atoms with E-state index < -0.39 is 12.0 Å². The van der Waals surface area contributed by atoms with Crippen LogP contribution in [0.1, 0.15) is 33.6 Å². The number of hydrogen-bond donors (Lipinski definition) is 1. The molecule has 3 rings (SSSR count). The molecule has 6 nitrogen and oxygen atoms in total. The van der Waals surface area contributed by atoms with Crippen molar-refractivity contribution in [1.82, 2.24) is 4.90 Å². The van der Waals surface area contributed by atoms with Gasteiger partial charge in [0.25, 0.3) is 0 Å². The number of hydrogen-bond acceptors (Lipinski definition) is 5. The molecule has 1 aliphatic heterocycles. The first-order valence-electron chi connectivity index (χ1n) is 8.81. The number of methoxy groups -OCH3 is 1. The molecule has 0 bridgehead atoms. The summed E-state index contributed by atoms with van der Waals surface area (Å²) in [4.78, 5) is 39.8. The number of likely N-dealkylation sites (tertiary alicyclic amines) is 1. The number of anilines is 1. The van der Waals surface area contributed by atoms with Crippen molar-refractivity contribution >= 4 is 34.8 Å². The van der Waals surface area contributed by atoms with E-state index in [9.17, 15) is 14.4 Å². The van der Waals surface area contributed by atoms with Crippen LogP contribution in [0.4, 0.5) is 5.69 Å². The molecule has 0 radical (unpaired) electrons. The highest BCUT2D eigenvalue weighted by Crippen LogP contribution is 2.23. The van der Waals surface area contributed by atoms with Crippen LogP contribution in [0.15, 0.2) is 35.7 Å². The zero-order valence-corrected chi connectivity index (χ0v) is 16.2. The third kappa shape index (κ3) is 4.36. The minimum absolute atomic E-state index is 0.0323.